The van der Waals surface area contributed by atoms with E-state index >= 15 is 0 Å². The zero-order valence-electron chi connectivity index (χ0n) is 8.33. The van der Waals surface area contributed by atoms with Crippen LogP contribution in [0.4, 0.5) is 11.5 Å². The van der Waals surface area contributed by atoms with Gasteiger partial charge in [-0.2, -0.15) is 0 Å². The lowest BCUT2D eigenvalue weighted by Gasteiger charge is -2.17. The highest BCUT2D eigenvalue weighted by Crippen LogP contribution is 2.18. The van der Waals surface area contributed by atoms with Gasteiger partial charge in [0.25, 0.3) is 0 Å². The number of aromatic nitrogens is 1. The Bertz CT molecular complexity index is 286. The van der Waals surface area contributed by atoms with E-state index in [0.29, 0.717) is 17.4 Å². The summed E-state index contributed by atoms with van der Waals surface area (Å²) in [4.78, 5) is 6.08. The van der Waals surface area contributed by atoms with Crippen LogP contribution in [-0.2, 0) is 4.74 Å². The van der Waals surface area contributed by atoms with Crippen molar-refractivity contribution in [3.8, 4) is 0 Å². The monoisotopic (exact) mass is 215 g/mol. The van der Waals surface area contributed by atoms with E-state index in [0.717, 1.165) is 12.4 Å². The van der Waals surface area contributed by atoms with Crippen molar-refractivity contribution in [2.45, 2.75) is 0 Å². The number of ether oxygens (including phenoxy) is 1. The minimum atomic E-state index is 0.407. The molecule has 0 bridgehead atoms. The highest BCUT2D eigenvalue weighted by molar-refractivity contribution is 6.29. The fourth-order valence-electron chi connectivity index (χ4n) is 1.04. The van der Waals surface area contributed by atoms with E-state index in [-0.39, 0.29) is 0 Å². The second-order valence-electron chi connectivity index (χ2n) is 3.00. The fourth-order valence-corrected chi connectivity index (χ4v) is 1.25. The molecule has 78 valence electrons. The molecule has 14 heavy (non-hydrogen) atoms. The zero-order valence-corrected chi connectivity index (χ0v) is 9.08. The van der Waals surface area contributed by atoms with Gasteiger partial charge in [-0.05, 0) is 6.07 Å². The maximum atomic E-state index is 5.78. The average molecular weight is 216 g/mol. The molecule has 0 amide bonds. The van der Waals surface area contributed by atoms with Crippen LogP contribution in [0.5, 0.6) is 0 Å². The SMILES string of the molecule is COCCN(C)c1cc(N)cc(Cl)n1. The molecule has 2 N–H and O–H groups in total. The largest absolute Gasteiger partial charge is 0.399 e. The van der Waals surface area contributed by atoms with Gasteiger partial charge < -0.3 is 15.4 Å². The van der Waals surface area contributed by atoms with Gasteiger partial charge in [0.1, 0.15) is 11.0 Å². The molecule has 5 heteroatoms. The molecule has 1 aromatic heterocycles. The van der Waals surface area contributed by atoms with Crippen LogP contribution >= 0.6 is 11.6 Å². The number of likely N-dealkylation sites (N-methyl/N-ethyl adjacent to an activating group) is 1. The molecule has 0 unspecified atom stereocenters. The topological polar surface area (TPSA) is 51.4 Å². The Hall–Kier alpha value is -1.00. The molecule has 0 fully saturated rings. The van der Waals surface area contributed by atoms with Crippen LogP contribution in [0, 0.1) is 0 Å². The standard InChI is InChI=1S/C9H14ClN3O/c1-13(3-4-14-2)9-6-7(11)5-8(10)12-9/h5-6H,3-4H2,1-2H3,(H2,11,12). The van der Waals surface area contributed by atoms with Crippen molar-refractivity contribution >= 4 is 23.1 Å². The van der Waals surface area contributed by atoms with E-state index in [1.54, 1.807) is 19.2 Å². The van der Waals surface area contributed by atoms with Gasteiger partial charge in [-0.25, -0.2) is 4.98 Å². The molecule has 1 aromatic rings. The minimum Gasteiger partial charge on any atom is -0.399 e. The summed E-state index contributed by atoms with van der Waals surface area (Å²) < 4.78 is 4.96. The van der Waals surface area contributed by atoms with Crippen LogP contribution in [0.15, 0.2) is 12.1 Å². The first-order valence-corrected chi connectivity index (χ1v) is 4.64. The maximum Gasteiger partial charge on any atom is 0.133 e. The van der Waals surface area contributed by atoms with Crippen molar-refractivity contribution in [1.82, 2.24) is 4.98 Å². The predicted octanol–water partition coefficient (Wildman–Crippen LogP) is 1.40. The van der Waals surface area contributed by atoms with Gasteiger partial charge in [0.05, 0.1) is 6.61 Å². The number of anilines is 2. The van der Waals surface area contributed by atoms with Gasteiger partial charge in [0.2, 0.25) is 0 Å². The molecule has 0 aliphatic heterocycles. The van der Waals surface area contributed by atoms with Crippen molar-refractivity contribution in [2.24, 2.45) is 0 Å². The molecule has 0 saturated heterocycles. The van der Waals surface area contributed by atoms with Crippen LogP contribution in [0.25, 0.3) is 0 Å². The number of pyridine rings is 1. The summed E-state index contributed by atoms with van der Waals surface area (Å²) in [7, 11) is 3.57. The zero-order chi connectivity index (χ0) is 10.6. The molecule has 0 spiro atoms. The summed E-state index contributed by atoms with van der Waals surface area (Å²) in [5.41, 5.74) is 6.26. The molecule has 0 saturated carbocycles. The van der Waals surface area contributed by atoms with E-state index in [1.807, 2.05) is 11.9 Å². The van der Waals surface area contributed by atoms with E-state index in [1.165, 1.54) is 0 Å². The van der Waals surface area contributed by atoms with Crippen molar-refractivity contribution < 1.29 is 4.74 Å². The summed E-state index contributed by atoms with van der Waals surface area (Å²) in [5.74, 6) is 0.757. The number of methoxy groups -OCH3 is 1. The Kier molecular flexibility index (Phi) is 3.98. The summed E-state index contributed by atoms with van der Waals surface area (Å²) in [5, 5.41) is 0.407. The Balaban J connectivity index is 2.73. The first kappa shape index (κ1) is 11.1. The lowest BCUT2D eigenvalue weighted by Crippen LogP contribution is -2.23. The number of rotatable bonds is 4. The molecular weight excluding hydrogens is 202 g/mol. The molecule has 1 heterocycles. The Morgan fingerprint density at radius 3 is 2.86 bits per heavy atom. The van der Waals surface area contributed by atoms with Crippen LogP contribution in [-0.4, -0.2) is 32.3 Å². The number of nitrogens with zero attached hydrogens (tertiary/aromatic N) is 2. The Morgan fingerprint density at radius 2 is 2.29 bits per heavy atom. The molecular formula is C9H14ClN3O. The highest BCUT2D eigenvalue weighted by atomic mass is 35.5. The number of halogens is 1. The smallest absolute Gasteiger partial charge is 0.133 e. The quantitative estimate of drug-likeness (QED) is 0.772. The number of nitrogens with two attached hydrogens (primary N) is 1. The van der Waals surface area contributed by atoms with Crippen LogP contribution in [0.1, 0.15) is 0 Å². The first-order valence-electron chi connectivity index (χ1n) is 4.26. The molecule has 0 aromatic carbocycles. The predicted molar refractivity (Wildman–Crippen MR) is 58.8 cm³/mol. The van der Waals surface area contributed by atoms with Crippen molar-refractivity contribution in [3.05, 3.63) is 17.3 Å². The van der Waals surface area contributed by atoms with Crippen molar-refractivity contribution in [3.63, 3.8) is 0 Å². The lowest BCUT2D eigenvalue weighted by atomic mass is 10.4. The second-order valence-corrected chi connectivity index (χ2v) is 3.38. The summed E-state index contributed by atoms with van der Waals surface area (Å²) in [6, 6.07) is 3.40. The number of nitrogen functional groups attached to an aromatic ring is 1. The molecule has 0 radical (unpaired) electrons. The molecule has 0 aliphatic rings. The summed E-state index contributed by atoms with van der Waals surface area (Å²) in [6.07, 6.45) is 0. The van der Waals surface area contributed by atoms with E-state index in [2.05, 4.69) is 4.98 Å². The number of hydrogen-bond donors (Lipinski definition) is 1. The Labute approximate surface area is 88.6 Å². The van der Waals surface area contributed by atoms with E-state index in [9.17, 15) is 0 Å². The average Bonchev–Trinajstić information content (AvgIpc) is 2.12. The van der Waals surface area contributed by atoms with Crippen LogP contribution in [0.3, 0.4) is 0 Å². The lowest BCUT2D eigenvalue weighted by molar-refractivity contribution is 0.206. The van der Waals surface area contributed by atoms with Gasteiger partial charge in [-0.3, -0.25) is 0 Å². The molecule has 0 atom stereocenters. The summed E-state index contributed by atoms with van der Waals surface area (Å²) in [6.45, 7) is 1.40. The van der Waals surface area contributed by atoms with Crippen LogP contribution in [0.2, 0.25) is 5.15 Å². The second kappa shape index (κ2) is 5.02. The van der Waals surface area contributed by atoms with Gasteiger partial charge in [0.15, 0.2) is 0 Å². The molecule has 1 rings (SSSR count). The van der Waals surface area contributed by atoms with Crippen molar-refractivity contribution in [1.29, 1.82) is 0 Å². The molecule has 0 aliphatic carbocycles. The normalized spacial score (nSPS) is 10.2. The maximum absolute atomic E-state index is 5.78. The third kappa shape index (κ3) is 3.05. The van der Waals surface area contributed by atoms with Gasteiger partial charge in [0, 0.05) is 32.5 Å². The minimum absolute atomic E-state index is 0.407. The third-order valence-corrected chi connectivity index (χ3v) is 2.02. The van der Waals surface area contributed by atoms with Gasteiger partial charge in [-0.15, -0.1) is 0 Å². The van der Waals surface area contributed by atoms with E-state index in [4.69, 9.17) is 22.1 Å². The van der Waals surface area contributed by atoms with Gasteiger partial charge in [-0.1, -0.05) is 11.6 Å². The van der Waals surface area contributed by atoms with Gasteiger partial charge >= 0.3 is 0 Å². The molecule has 4 nitrogen and oxygen atoms in total. The van der Waals surface area contributed by atoms with Crippen LogP contribution < -0.4 is 10.6 Å². The fraction of sp³-hybridized carbons (Fsp3) is 0.444. The summed E-state index contributed by atoms with van der Waals surface area (Å²) >= 11 is 5.78. The Morgan fingerprint density at radius 1 is 1.57 bits per heavy atom. The van der Waals surface area contributed by atoms with E-state index < -0.39 is 0 Å². The highest BCUT2D eigenvalue weighted by Gasteiger charge is 2.04. The number of hydrogen-bond acceptors (Lipinski definition) is 4. The third-order valence-electron chi connectivity index (χ3n) is 1.82. The van der Waals surface area contributed by atoms with Crippen molar-refractivity contribution in [2.75, 3.05) is 37.9 Å². The first-order chi connectivity index (χ1) is 6.63.